The summed E-state index contributed by atoms with van der Waals surface area (Å²) >= 11 is -3.11. The molecule has 0 amide bonds. The molecule has 0 radical (unpaired) electrons. The van der Waals surface area contributed by atoms with Crippen molar-refractivity contribution in [2.45, 2.75) is 157 Å². The monoisotopic (exact) mass is 927 g/mol. The molecule has 4 aromatic carbocycles. The van der Waals surface area contributed by atoms with Crippen molar-refractivity contribution in [2.75, 3.05) is 27.2 Å². The molecule has 0 saturated heterocycles. The van der Waals surface area contributed by atoms with E-state index in [4.69, 9.17) is 51.2 Å². The van der Waals surface area contributed by atoms with Crippen LogP contribution in [0, 0.1) is 0 Å². The van der Waals surface area contributed by atoms with Crippen LogP contribution in [0.1, 0.15) is 158 Å². The van der Waals surface area contributed by atoms with Gasteiger partial charge in [-0.25, -0.2) is 0 Å². The molecule has 0 bridgehead atoms. The second-order valence-electron chi connectivity index (χ2n) is 22.3. The fraction of sp³-hybridized carbons (Fsp3) is 0.538. The van der Waals surface area contributed by atoms with Crippen LogP contribution in [0.3, 0.4) is 0 Å². The van der Waals surface area contributed by atoms with E-state index in [0.29, 0.717) is 27.2 Å². The van der Waals surface area contributed by atoms with Gasteiger partial charge in [-0.05, 0) is 79.5 Å². The van der Waals surface area contributed by atoms with Gasteiger partial charge in [-0.15, -0.1) is 11.4 Å². The van der Waals surface area contributed by atoms with Gasteiger partial charge < -0.3 is 47.0 Å². The average molecular weight is 928 g/mol. The van der Waals surface area contributed by atoms with Crippen molar-refractivity contribution >= 4 is 11.4 Å². The Kier molecular flexibility index (Phi) is 18.4. The van der Waals surface area contributed by atoms with Crippen LogP contribution in [0.2, 0.25) is 0 Å². The Balaban J connectivity index is 0.000000227. The standard InChI is InChI=1S/3C15H22O2.C7H6O2.Na.H2O3S/c3*1-14(2,3)10-7-11(15(4,5)6)13-12(8-10)16-9-17-13;1-2-4-7-6(3-1)8-5-9-7;;1-4(2)3/h3*7-8H,9H2,1-6H3;1-4H,5H2;;(H2,1,2,3)/q;;;;+1;/p-2. The summed E-state index contributed by atoms with van der Waals surface area (Å²) in [4.78, 5) is 0. The summed E-state index contributed by atoms with van der Waals surface area (Å²) in [6.07, 6.45) is 0. The molecule has 4 aliphatic rings. The fourth-order valence-electron chi connectivity index (χ4n) is 6.85. The van der Waals surface area contributed by atoms with E-state index in [1.165, 1.54) is 33.4 Å². The smallest absolute Gasteiger partial charge is 0.784 e. The van der Waals surface area contributed by atoms with Crippen molar-refractivity contribution < 1.29 is 80.8 Å². The third-order valence-corrected chi connectivity index (χ3v) is 10.7. The van der Waals surface area contributed by atoms with E-state index in [1.54, 1.807) is 0 Å². The van der Waals surface area contributed by atoms with Gasteiger partial charge in [0.15, 0.2) is 46.0 Å². The van der Waals surface area contributed by atoms with Gasteiger partial charge in [0.25, 0.3) is 0 Å². The van der Waals surface area contributed by atoms with Gasteiger partial charge in [-0.3, -0.25) is 4.21 Å². The zero-order valence-corrected chi connectivity index (χ0v) is 45.3. The SMILES string of the molecule is CC(C)(C)c1cc2c(c(C(C)(C)C)c1)OCO2.CC(C)(C)c1cc2c(c(C(C)(C)C)c1)OCO2.CC(C)(C)c1cc2c(c(C(C)(C)C)c1)OCO2.O=S([O-])[O-].[Na+].c1ccc2c(c1)OCO2. The third kappa shape index (κ3) is 15.4. The first-order valence-corrected chi connectivity index (χ1v) is 22.7. The van der Waals surface area contributed by atoms with Crippen LogP contribution in [0.25, 0.3) is 0 Å². The van der Waals surface area contributed by atoms with E-state index >= 15 is 0 Å². The number of benzene rings is 4. The summed E-state index contributed by atoms with van der Waals surface area (Å²) in [5.41, 5.74) is 8.18. The van der Waals surface area contributed by atoms with Gasteiger partial charge in [0, 0.05) is 16.7 Å². The summed E-state index contributed by atoms with van der Waals surface area (Å²) in [6.45, 7) is 41.2. The van der Waals surface area contributed by atoms with Crippen LogP contribution in [0.15, 0.2) is 60.7 Å². The van der Waals surface area contributed by atoms with Gasteiger partial charge in [-0.2, -0.15) is 0 Å². The Labute approximate surface area is 414 Å². The van der Waals surface area contributed by atoms with E-state index in [0.717, 1.165) is 46.0 Å². The molecule has 0 spiro atoms. The van der Waals surface area contributed by atoms with E-state index < -0.39 is 11.4 Å². The molecule has 0 saturated carbocycles. The first kappa shape index (κ1) is 55.7. The fourth-order valence-corrected chi connectivity index (χ4v) is 6.85. The molecule has 0 aliphatic carbocycles. The second-order valence-corrected chi connectivity index (χ2v) is 22.7. The molecule has 0 N–H and O–H groups in total. The molecular weight excluding hydrogens is 856 g/mol. The minimum atomic E-state index is -3.11. The normalized spacial score (nSPS) is 14.4. The van der Waals surface area contributed by atoms with Gasteiger partial charge >= 0.3 is 29.6 Å². The molecule has 11 nitrogen and oxygen atoms in total. The molecule has 0 fully saturated rings. The Morgan fingerprint density at radius 1 is 0.369 bits per heavy atom. The summed E-state index contributed by atoms with van der Waals surface area (Å²) in [7, 11) is 0. The maximum absolute atomic E-state index is 8.44. The van der Waals surface area contributed by atoms with Crippen LogP contribution in [-0.4, -0.2) is 40.5 Å². The third-order valence-electron chi connectivity index (χ3n) is 10.7. The maximum Gasteiger partial charge on any atom is 1.00 e. The van der Waals surface area contributed by atoms with Crippen LogP contribution in [0.5, 0.6) is 46.0 Å². The molecule has 0 unspecified atom stereocenters. The van der Waals surface area contributed by atoms with E-state index in [9.17, 15) is 0 Å². The molecule has 4 aromatic rings. The van der Waals surface area contributed by atoms with Gasteiger partial charge in [0.2, 0.25) is 27.2 Å². The van der Waals surface area contributed by atoms with Crippen molar-refractivity contribution in [3.63, 3.8) is 0 Å². The number of rotatable bonds is 0. The summed E-state index contributed by atoms with van der Waals surface area (Å²) in [5, 5.41) is 0. The molecule has 354 valence electrons. The first-order valence-electron chi connectivity index (χ1n) is 21.7. The Bertz CT molecular complexity index is 2020. The van der Waals surface area contributed by atoms with E-state index in [1.807, 2.05) is 24.3 Å². The number of hydrogen-bond donors (Lipinski definition) is 0. The predicted molar refractivity (Wildman–Crippen MR) is 252 cm³/mol. The van der Waals surface area contributed by atoms with E-state index in [-0.39, 0.29) is 62.0 Å². The van der Waals surface area contributed by atoms with Crippen molar-refractivity contribution in [2.24, 2.45) is 0 Å². The Hall–Kier alpha value is -3.65. The van der Waals surface area contributed by atoms with Gasteiger partial charge in [0.05, 0.1) is 0 Å². The van der Waals surface area contributed by atoms with Crippen molar-refractivity contribution in [3.8, 4) is 46.0 Å². The number of para-hydroxylation sites is 2. The number of ether oxygens (including phenoxy) is 8. The topological polar surface area (TPSA) is 137 Å². The largest absolute Gasteiger partial charge is 1.00 e. The zero-order valence-electron chi connectivity index (χ0n) is 42.5. The Morgan fingerprint density at radius 2 is 0.585 bits per heavy atom. The van der Waals surface area contributed by atoms with Crippen LogP contribution in [0.4, 0.5) is 0 Å². The average Bonchev–Trinajstić information content (AvgIpc) is 3.98. The van der Waals surface area contributed by atoms with Crippen molar-refractivity contribution in [1.29, 1.82) is 0 Å². The van der Waals surface area contributed by atoms with Crippen LogP contribution < -0.4 is 67.5 Å². The minimum absolute atomic E-state index is 0. The molecule has 65 heavy (non-hydrogen) atoms. The van der Waals surface area contributed by atoms with Crippen LogP contribution in [-0.2, 0) is 43.9 Å². The predicted octanol–water partition coefficient (Wildman–Crippen LogP) is 9.45. The quantitative estimate of drug-likeness (QED) is 0.123. The summed E-state index contributed by atoms with van der Waals surface area (Å²) in [5.74, 6) is 7.13. The van der Waals surface area contributed by atoms with Crippen LogP contribution >= 0.6 is 0 Å². The maximum atomic E-state index is 8.44. The molecule has 4 aliphatic heterocycles. The Morgan fingerprint density at radius 3 is 0.800 bits per heavy atom. The van der Waals surface area contributed by atoms with Crippen molar-refractivity contribution in [3.05, 3.63) is 94.0 Å². The summed E-state index contributed by atoms with van der Waals surface area (Å²) < 4.78 is 68.9. The summed E-state index contributed by atoms with van der Waals surface area (Å²) in [6, 6.07) is 20.7. The molecule has 0 atom stereocenters. The molecule has 13 heteroatoms. The molecule has 8 rings (SSSR count). The zero-order chi connectivity index (χ0) is 48.2. The first-order chi connectivity index (χ1) is 29.3. The van der Waals surface area contributed by atoms with Crippen molar-refractivity contribution in [1.82, 2.24) is 0 Å². The molecular formula is C52H72NaO11S-. The minimum Gasteiger partial charge on any atom is -0.784 e. The molecule has 4 heterocycles. The van der Waals surface area contributed by atoms with Gasteiger partial charge in [-0.1, -0.05) is 155 Å². The van der Waals surface area contributed by atoms with E-state index in [2.05, 4.69) is 161 Å². The number of fused-ring (bicyclic) bond motifs is 4. The second kappa shape index (κ2) is 21.5. The number of hydrogen-bond acceptors (Lipinski definition) is 11. The molecule has 0 aromatic heterocycles. The van der Waals surface area contributed by atoms with Gasteiger partial charge in [0.1, 0.15) is 0 Å².